The zero-order valence-electron chi connectivity index (χ0n) is 23.2. The van der Waals surface area contributed by atoms with Crippen molar-refractivity contribution in [3.8, 4) is 11.1 Å². The van der Waals surface area contributed by atoms with Crippen LogP contribution < -0.4 is 15.5 Å². The van der Waals surface area contributed by atoms with Gasteiger partial charge in [0.15, 0.2) is 0 Å². The lowest BCUT2D eigenvalue weighted by Gasteiger charge is -2.32. The van der Waals surface area contributed by atoms with E-state index in [1.807, 2.05) is 17.3 Å². The maximum absolute atomic E-state index is 15.9. The first kappa shape index (κ1) is 25.6. The number of hydrogen-bond donors (Lipinski definition) is 2. The third-order valence-electron chi connectivity index (χ3n) is 8.90. The lowest BCUT2D eigenvalue weighted by molar-refractivity contribution is -0.123. The maximum atomic E-state index is 15.9. The topological polar surface area (TPSA) is 90.9 Å². The number of benzene rings is 2. The number of anilines is 2. The molecule has 4 aromatic rings. The molecule has 4 aliphatic rings. The lowest BCUT2D eigenvalue weighted by Crippen LogP contribution is -2.43. The van der Waals surface area contributed by atoms with Crippen LogP contribution in [0.25, 0.3) is 11.1 Å². The van der Waals surface area contributed by atoms with E-state index in [1.165, 1.54) is 5.69 Å². The Balaban J connectivity index is 1.10. The second-order valence-corrected chi connectivity index (χ2v) is 11.4. The number of halogens is 1. The van der Waals surface area contributed by atoms with Crippen molar-refractivity contribution in [1.29, 1.82) is 0 Å². The summed E-state index contributed by atoms with van der Waals surface area (Å²) >= 11 is 0. The number of carbonyl (C=O) groups excluding carboxylic acids is 1. The van der Waals surface area contributed by atoms with Crippen LogP contribution in [0.3, 0.4) is 0 Å². The second kappa shape index (κ2) is 10.3. The monoisotopic (exact) mass is 565 g/mol. The summed E-state index contributed by atoms with van der Waals surface area (Å²) in [6.45, 7) is 5.05. The van der Waals surface area contributed by atoms with Gasteiger partial charge in [-0.3, -0.25) is 9.69 Å². The first-order valence-corrected chi connectivity index (χ1v) is 14.7. The van der Waals surface area contributed by atoms with Crippen molar-refractivity contribution in [3.63, 3.8) is 0 Å². The number of fused-ring (bicyclic) bond motifs is 4. The van der Waals surface area contributed by atoms with Crippen LogP contribution in [0.4, 0.5) is 15.9 Å². The van der Waals surface area contributed by atoms with Crippen molar-refractivity contribution in [2.24, 2.45) is 0 Å². The normalized spacial score (nSPS) is 21.8. The average molecular weight is 566 g/mol. The van der Waals surface area contributed by atoms with E-state index >= 15 is 4.39 Å². The van der Waals surface area contributed by atoms with Gasteiger partial charge in [-0.05, 0) is 65.9 Å². The fourth-order valence-corrected chi connectivity index (χ4v) is 6.72. The molecule has 8 rings (SSSR count). The predicted octanol–water partition coefficient (Wildman–Crippen LogP) is 4.03. The van der Waals surface area contributed by atoms with Crippen LogP contribution in [0.1, 0.15) is 41.1 Å². The van der Waals surface area contributed by atoms with E-state index in [1.54, 1.807) is 24.4 Å². The molecular weight excluding hydrogens is 533 g/mol. The van der Waals surface area contributed by atoms with Gasteiger partial charge in [0.05, 0.1) is 12.0 Å². The minimum atomic E-state index is -0.735. The Morgan fingerprint density at radius 3 is 2.71 bits per heavy atom. The van der Waals surface area contributed by atoms with E-state index < -0.39 is 6.04 Å². The highest BCUT2D eigenvalue weighted by atomic mass is 19.1. The number of imidazole rings is 1. The van der Waals surface area contributed by atoms with Gasteiger partial charge in [0.1, 0.15) is 30.0 Å². The summed E-state index contributed by atoms with van der Waals surface area (Å²) in [5.41, 5.74) is 6.17. The molecule has 0 saturated carbocycles. The van der Waals surface area contributed by atoms with Gasteiger partial charge in [-0.1, -0.05) is 18.2 Å². The molecule has 4 aliphatic heterocycles. The second-order valence-electron chi connectivity index (χ2n) is 11.4. The standard InChI is InChI=1S/C32H32FN7O2/c33-25-17-21(20-6-8-22(9-7-20)38-14-11-34-12-15-38)16-23-24(25)18-40(32-30(23)42-32)29(28-26-4-3-13-39(26)19-36-28)31(41)37-27-5-1-2-10-35-27/h1-2,5-10,16-17,19,29-30,32,34H,3-4,11-15,18H2,(H,35,37,41). The molecule has 0 bridgehead atoms. The van der Waals surface area contributed by atoms with Crippen LogP contribution in [0.15, 0.2) is 67.1 Å². The molecule has 2 aromatic carbocycles. The van der Waals surface area contributed by atoms with Crippen molar-refractivity contribution in [2.45, 2.75) is 44.3 Å². The molecular formula is C32H32FN7O2. The van der Waals surface area contributed by atoms with Gasteiger partial charge in [0.25, 0.3) is 0 Å². The molecule has 3 atom stereocenters. The number of nitrogens with one attached hydrogen (secondary N) is 2. The van der Waals surface area contributed by atoms with Gasteiger partial charge in [0.2, 0.25) is 5.91 Å². The summed E-state index contributed by atoms with van der Waals surface area (Å²) in [5.74, 6) is -0.0687. The number of rotatable bonds is 6. The molecule has 10 heteroatoms. The number of aromatic nitrogens is 3. The largest absolute Gasteiger partial charge is 0.369 e. The summed E-state index contributed by atoms with van der Waals surface area (Å²) < 4.78 is 24.2. The SMILES string of the molecule is O=C(Nc1ccccn1)C(c1ncn2c1CCC2)N1Cc2c(F)cc(-c3ccc(N4CCNCC4)cc3)cc2C2OC21. The molecule has 0 spiro atoms. The van der Waals surface area contributed by atoms with Gasteiger partial charge < -0.3 is 24.8 Å². The number of ether oxygens (including phenoxy) is 1. The van der Waals surface area contributed by atoms with E-state index in [0.29, 0.717) is 17.1 Å². The zero-order valence-corrected chi connectivity index (χ0v) is 23.2. The fraction of sp³-hybridized carbons (Fsp3) is 0.344. The first-order valence-electron chi connectivity index (χ1n) is 14.7. The highest BCUT2D eigenvalue weighted by Gasteiger charge is 2.54. The molecule has 42 heavy (non-hydrogen) atoms. The van der Waals surface area contributed by atoms with E-state index in [2.05, 4.69) is 60.4 Å². The number of amides is 1. The number of aryl methyl sites for hydroxylation is 1. The van der Waals surface area contributed by atoms with Crippen molar-refractivity contribution in [3.05, 3.63) is 95.5 Å². The highest BCUT2D eigenvalue weighted by molar-refractivity contribution is 5.94. The Labute approximate surface area is 243 Å². The predicted molar refractivity (Wildman–Crippen MR) is 156 cm³/mol. The molecule has 214 valence electrons. The van der Waals surface area contributed by atoms with Crippen LogP contribution in [0.5, 0.6) is 0 Å². The Hall–Kier alpha value is -4.12. The number of epoxide rings is 1. The molecule has 2 N–H and O–H groups in total. The van der Waals surface area contributed by atoms with E-state index in [9.17, 15) is 4.79 Å². The number of nitrogens with zero attached hydrogens (tertiary/aromatic N) is 5. The number of piperazine rings is 1. The summed E-state index contributed by atoms with van der Waals surface area (Å²) in [6.07, 6.45) is 4.68. The van der Waals surface area contributed by atoms with Gasteiger partial charge in [-0.2, -0.15) is 0 Å². The minimum absolute atomic E-state index is 0.247. The first-order chi connectivity index (χ1) is 20.6. The van der Waals surface area contributed by atoms with E-state index in [0.717, 1.165) is 67.9 Å². The van der Waals surface area contributed by atoms with Gasteiger partial charge in [-0.25, -0.2) is 14.4 Å². The molecule has 0 radical (unpaired) electrons. The molecule has 0 aliphatic carbocycles. The quantitative estimate of drug-likeness (QED) is 0.341. The lowest BCUT2D eigenvalue weighted by atomic mass is 9.92. The molecule has 9 nitrogen and oxygen atoms in total. The average Bonchev–Trinajstić information content (AvgIpc) is 3.54. The molecule has 3 unspecified atom stereocenters. The van der Waals surface area contributed by atoms with Crippen LogP contribution in [0, 0.1) is 5.82 Å². The van der Waals surface area contributed by atoms with Gasteiger partial charge >= 0.3 is 0 Å². The fourth-order valence-electron chi connectivity index (χ4n) is 6.72. The third kappa shape index (κ3) is 4.46. The van der Waals surface area contributed by atoms with Crippen LogP contribution in [-0.2, 0) is 29.0 Å². The Morgan fingerprint density at radius 1 is 1.05 bits per heavy atom. The summed E-state index contributed by atoms with van der Waals surface area (Å²) in [5, 5.41) is 6.34. The maximum Gasteiger partial charge on any atom is 0.249 e. The van der Waals surface area contributed by atoms with Crippen molar-refractivity contribution in [2.75, 3.05) is 36.4 Å². The van der Waals surface area contributed by atoms with Crippen LogP contribution in [0.2, 0.25) is 0 Å². The number of carbonyl (C=O) groups is 1. The summed E-state index contributed by atoms with van der Waals surface area (Å²) in [4.78, 5) is 27.1. The Bertz CT molecular complexity index is 1630. The smallest absolute Gasteiger partial charge is 0.249 e. The Morgan fingerprint density at radius 2 is 1.90 bits per heavy atom. The van der Waals surface area contributed by atoms with E-state index in [4.69, 9.17) is 4.74 Å². The van der Waals surface area contributed by atoms with Gasteiger partial charge in [-0.15, -0.1) is 0 Å². The van der Waals surface area contributed by atoms with Crippen LogP contribution >= 0.6 is 0 Å². The van der Waals surface area contributed by atoms with E-state index in [-0.39, 0.29) is 30.6 Å². The summed E-state index contributed by atoms with van der Waals surface area (Å²) in [6, 6.07) is 16.7. The molecule has 2 saturated heterocycles. The van der Waals surface area contributed by atoms with Crippen molar-refractivity contribution >= 4 is 17.4 Å². The number of hydrogen-bond acceptors (Lipinski definition) is 7. The van der Waals surface area contributed by atoms with Crippen LogP contribution in [-0.4, -0.2) is 57.7 Å². The summed E-state index contributed by atoms with van der Waals surface area (Å²) in [7, 11) is 0. The minimum Gasteiger partial charge on any atom is -0.369 e. The zero-order chi connectivity index (χ0) is 28.2. The van der Waals surface area contributed by atoms with Gasteiger partial charge in [0, 0.05) is 62.4 Å². The highest BCUT2D eigenvalue weighted by Crippen LogP contribution is 2.51. The molecule has 2 aromatic heterocycles. The third-order valence-corrected chi connectivity index (χ3v) is 8.90. The van der Waals surface area contributed by atoms with Crippen molar-refractivity contribution in [1.82, 2.24) is 24.8 Å². The molecule has 1 amide bonds. The molecule has 6 heterocycles. The Kier molecular flexibility index (Phi) is 6.28. The number of pyridine rings is 1. The molecule has 2 fully saturated rings. The van der Waals surface area contributed by atoms with Crippen molar-refractivity contribution < 1.29 is 13.9 Å².